The third kappa shape index (κ3) is 3.23. The fourth-order valence-corrected chi connectivity index (χ4v) is 4.29. The summed E-state index contributed by atoms with van der Waals surface area (Å²) < 4.78 is 0. The zero-order valence-corrected chi connectivity index (χ0v) is 10.9. The van der Waals surface area contributed by atoms with E-state index in [9.17, 15) is 0 Å². The minimum atomic E-state index is 0.698. The van der Waals surface area contributed by atoms with Crippen molar-refractivity contribution >= 4 is 23.1 Å². The molecule has 2 unspecified atom stereocenters. The van der Waals surface area contributed by atoms with Crippen LogP contribution in [0.1, 0.15) is 18.2 Å². The van der Waals surface area contributed by atoms with Gasteiger partial charge in [-0.05, 0) is 48.3 Å². The topological polar surface area (TPSA) is 12.0 Å². The van der Waals surface area contributed by atoms with Crippen molar-refractivity contribution in [3.8, 4) is 0 Å². The zero-order chi connectivity index (χ0) is 10.5. The molecule has 84 valence electrons. The largest absolute Gasteiger partial charge is 0.314 e. The second-order valence-corrected chi connectivity index (χ2v) is 6.25. The van der Waals surface area contributed by atoms with Crippen molar-refractivity contribution in [1.82, 2.24) is 5.32 Å². The van der Waals surface area contributed by atoms with E-state index in [-0.39, 0.29) is 0 Å². The van der Waals surface area contributed by atoms with Gasteiger partial charge in [0.05, 0.1) is 0 Å². The first-order chi connectivity index (χ1) is 7.40. The summed E-state index contributed by atoms with van der Waals surface area (Å²) >= 11 is 4.00. The molecule has 3 heteroatoms. The van der Waals surface area contributed by atoms with Crippen molar-refractivity contribution in [3.63, 3.8) is 0 Å². The Balaban J connectivity index is 1.93. The molecule has 1 fully saturated rings. The van der Waals surface area contributed by atoms with Crippen molar-refractivity contribution in [3.05, 3.63) is 22.4 Å². The molecule has 0 spiro atoms. The van der Waals surface area contributed by atoms with Gasteiger partial charge in [0.25, 0.3) is 0 Å². The predicted molar refractivity (Wildman–Crippen MR) is 70.9 cm³/mol. The zero-order valence-electron chi connectivity index (χ0n) is 9.24. The summed E-state index contributed by atoms with van der Waals surface area (Å²) in [5.74, 6) is 3.59. The highest BCUT2D eigenvalue weighted by Gasteiger charge is 2.24. The Morgan fingerprint density at radius 1 is 1.60 bits per heavy atom. The Labute approximate surface area is 101 Å². The van der Waals surface area contributed by atoms with Gasteiger partial charge in [0.1, 0.15) is 0 Å². The van der Waals surface area contributed by atoms with Crippen LogP contribution in [0, 0.1) is 5.92 Å². The number of thioether (sulfide) groups is 1. The van der Waals surface area contributed by atoms with Gasteiger partial charge in [-0.15, -0.1) is 11.3 Å². The van der Waals surface area contributed by atoms with Crippen LogP contribution in [0.2, 0.25) is 0 Å². The van der Waals surface area contributed by atoms with Crippen LogP contribution in [0.5, 0.6) is 0 Å². The molecule has 1 aliphatic heterocycles. The normalized spacial score (nSPS) is 23.1. The molecule has 0 radical (unpaired) electrons. The molecule has 1 N–H and O–H groups in total. The second-order valence-electron chi connectivity index (χ2n) is 4.07. The average Bonchev–Trinajstić information content (AvgIpc) is 2.89. The summed E-state index contributed by atoms with van der Waals surface area (Å²) in [5.41, 5.74) is 0. The molecule has 0 amide bonds. The van der Waals surface area contributed by atoms with E-state index in [1.807, 2.05) is 11.3 Å². The quantitative estimate of drug-likeness (QED) is 0.850. The standard InChI is InChI=1S/C12H19NS2/c1-2-13-12(10-5-7-14-9-10)8-11-4-3-6-15-11/h3-4,6,10,12-13H,2,5,7-9H2,1H3. The fraction of sp³-hybridized carbons (Fsp3) is 0.667. The highest BCUT2D eigenvalue weighted by Crippen LogP contribution is 2.28. The molecular formula is C12H19NS2. The van der Waals surface area contributed by atoms with Crippen molar-refractivity contribution in [2.24, 2.45) is 5.92 Å². The average molecular weight is 241 g/mol. The molecule has 1 aromatic rings. The Morgan fingerprint density at radius 3 is 3.13 bits per heavy atom. The number of nitrogens with one attached hydrogen (secondary N) is 1. The smallest absolute Gasteiger partial charge is 0.0152 e. The number of hydrogen-bond donors (Lipinski definition) is 1. The molecule has 1 aromatic heterocycles. The van der Waals surface area contributed by atoms with E-state index in [0.29, 0.717) is 6.04 Å². The fourth-order valence-electron chi connectivity index (χ4n) is 2.18. The van der Waals surface area contributed by atoms with Crippen molar-refractivity contribution in [2.75, 3.05) is 18.1 Å². The van der Waals surface area contributed by atoms with E-state index in [1.165, 1.54) is 29.2 Å². The van der Waals surface area contributed by atoms with Gasteiger partial charge in [-0.25, -0.2) is 0 Å². The highest BCUT2D eigenvalue weighted by molar-refractivity contribution is 7.99. The van der Waals surface area contributed by atoms with Gasteiger partial charge in [0, 0.05) is 10.9 Å². The van der Waals surface area contributed by atoms with Crippen LogP contribution in [0.15, 0.2) is 17.5 Å². The molecule has 0 aliphatic carbocycles. The number of thiophene rings is 1. The molecule has 0 aromatic carbocycles. The lowest BCUT2D eigenvalue weighted by Gasteiger charge is -2.23. The third-order valence-electron chi connectivity index (χ3n) is 3.00. The number of hydrogen-bond acceptors (Lipinski definition) is 3. The molecule has 1 saturated heterocycles. The van der Waals surface area contributed by atoms with Crippen LogP contribution in [0.4, 0.5) is 0 Å². The lowest BCUT2D eigenvalue weighted by atomic mass is 9.96. The molecule has 2 atom stereocenters. The molecule has 0 saturated carbocycles. The van der Waals surface area contributed by atoms with Crippen LogP contribution in [-0.2, 0) is 6.42 Å². The van der Waals surface area contributed by atoms with E-state index in [4.69, 9.17) is 0 Å². The molecule has 0 bridgehead atoms. The summed E-state index contributed by atoms with van der Waals surface area (Å²) in [4.78, 5) is 1.53. The van der Waals surface area contributed by atoms with Crippen LogP contribution < -0.4 is 5.32 Å². The van der Waals surface area contributed by atoms with Crippen LogP contribution in [0.25, 0.3) is 0 Å². The predicted octanol–water partition coefficient (Wildman–Crippen LogP) is 3.02. The first-order valence-electron chi connectivity index (χ1n) is 5.73. The van der Waals surface area contributed by atoms with E-state index in [0.717, 1.165) is 12.5 Å². The van der Waals surface area contributed by atoms with E-state index in [1.54, 1.807) is 0 Å². The van der Waals surface area contributed by atoms with Crippen molar-refractivity contribution in [1.29, 1.82) is 0 Å². The van der Waals surface area contributed by atoms with Crippen LogP contribution in [0.3, 0.4) is 0 Å². The summed E-state index contributed by atoms with van der Waals surface area (Å²) in [6, 6.07) is 5.12. The van der Waals surface area contributed by atoms with Gasteiger partial charge in [-0.2, -0.15) is 11.8 Å². The van der Waals surface area contributed by atoms with Gasteiger partial charge in [0.15, 0.2) is 0 Å². The third-order valence-corrected chi connectivity index (χ3v) is 5.09. The van der Waals surface area contributed by atoms with Crippen LogP contribution in [-0.4, -0.2) is 24.1 Å². The lowest BCUT2D eigenvalue weighted by molar-refractivity contribution is 0.389. The summed E-state index contributed by atoms with van der Waals surface area (Å²) in [5, 5.41) is 5.84. The molecule has 1 nitrogen and oxygen atoms in total. The minimum absolute atomic E-state index is 0.698. The second kappa shape index (κ2) is 5.92. The first-order valence-corrected chi connectivity index (χ1v) is 7.77. The SMILES string of the molecule is CCNC(Cc1cccs1)C1CCSC1. The van der Waals surface area contributed by atoms with E-state index < -0.39 is 0 Å². The maximum absolute atomic E-state index is 3.66. The van der Waals surface area contributed by atoms with Crippen molar-refractivity contribution < 1.29 is 0 Å². The Bertz CT molecular complexity index is 265. The van der Waals surface area contributed by atoms with Gasteiger partial charge < -0.3 is 5.32 Å². The molecule has 1 aliphatic rings. The number of rotatable bonds is 5. The van der Waals surface area contributed by atoms with E-state index in [2.05, 4.69) is 41.5 Å². The molecular weight excluding hydrogens is 222 g/mol. The Kier molecular flexibility index (Phi) is 4.54. The Hall–Kier alpha value is 0.01000. The first kappa shape index (κ1) is 11.5. The monoisotopic (exact) mass is 241 g/mol. The van der Waals surface area contributed by atoms with Crippen LogP contribution >= 0.6 is 23.1 Å². The molecule has 2 heterocycles. The molecule has 2 rings (SSSR count). The number of likely N-dealkylation sites (N-methyl/N-ethyl adjacent to an activating group) is 1. The maximum atomic E-state index is 3.66. The summed E-state index contributed by atoms with van der Waals surface area (Å²) in [6.07, 6.45) is 2.62. The summed E-state index contributed by atoms with van der Waals surface area (Å²) in [7, 11) is 0. The van der Waals surface area contributed by atoms with Crippen molar-refractivity contribution in [2.45, 2.75) is 25.8 Å². The minimum Gasteiger partial charge on any atom is -0.314 e. The van der Waals surface area contributed by atoms with Gasteiger partial charge in [-0.1, -0.05) is 13.0 Å². The highest BCUT2D eigenvalue weighted by atomic mass is 32.2. The lowest BCUT2D eigenvalue weighted by Crippen LogP contribution is -2.37. The van der Waals surface area contributed by atoms with Gasteiger partial charge in [-0.3, -0.25) is 0 Å². The Morgan fingerprint density at radius 2 is 2.53 bits per heavy atom. The molecule has 15 heavy (non-hydrogen) atoms. The van der Waals surface area contributed by atoms with E-state index >= 15 is 0 Å². The maximum Gasteiger partial charge on any atom is 0.0152 e. The summed E-state index contributed by atoms with van der Waals surface area (Å²) in [6.45, 7) is 3.31. The van der Waals surface area contributed by atoms with Gasteiger partial charge >= 0.3 is 0 Å². The van der Waals surface area contributed by atoms with Gasteiger partial charge in [0.2, 0.25) is 0 Å².